The third kappa shape index (κ3) is 9.49. The molecule has 1 aliphatic rings. The third-order valence-electron chi connectivity index (χ3n) is 10.6. The Morgan fingerprint density at radius 1 is 0.500 bits per heavy atom. The van der Waals surface area contributed by atoms with E-state index in [1.54, 1.807) is 0 Å². The van der Waals surface area contributed by atoms with Crippen LogP contribution in [0.5, 0.6) is 0 Å². The Bertz CT molecular complexity index is 1640. The van der Waals surface area contributed by atoms with Crippen LogP contribution in [0.2, 0.25) is 0 Å². The molecule has 0 spiro atoms. The van der Waals surface area contributed by atoms with Crippen molar-refractivity contribution in [3.8, 4) is 0 Å². The maximum absolute atomic E-state index is 14.0. The van der Waals surface area contributed by atoms with E-state index in [9.17, 15) is 9.59 Å². The van der Waals surface area contributed by atoms with Gasteiger partial charge in [-0.3, -0.25) is 14.5 Å². The predicted molar refractivity (Wildman–Crippen MR) is 209 cm³/mol. The van der Waals surface area contributed by atoms with Crippen LogP contribution in [-0.4, -0.2) is 23.3 Å². The van der Waals surface area contributed by atoms with E-state index in [2.05, 4.69) is 47.1 Å². The quantitative estimate of drug-likeness (QED) is 0.0436. The molecule has 3 nitrogen and oxygen atoms in total. The molecule has 0 fully saturated rings. The van der Waals surface area contributed by atoms with Crippen LogP contribution in [0.25, 0.3) is 32.3 Å². The van der Waals surface area contributed by atoms with E-state index in [1.807, 2.05) is 30.3 Å². The first-order chi connectivity index (χ1) is 23.6. The Balaban J connectivity index is 0.961. The van der Waals surface area contributed by atoms with Gasteiger partial charge in [-0.2, -0.15) is 0 Å². The van der Waals surface area contributed by atoms with Crippen molar-refractivity contribution in [2.75, 3.05) is 6.54 Å². The smallest absolute Gasteiger partial charge is 0.262 e. The number of rotatable bonds is 23. The maximum atomic E-state index is 14.0. The molecule has 258 valence electrons. The SMILES string of the molecule is CCCCCCCCCCCCCCCCCCCCCCCCN1C(=O)c2cccc3c(Br)c4cc5ccccc5cc4c(c23)C1=O. The lowest BCUT2D eigenvalue weighted by atomic mass is 9.88. The second-order valence-electron chi connectivity index (χ2n) is 14.3. The highest BCUT2D eigenvalue weighted by molar-refractivity contribution is 9.10. The molecule has 0 aromatic heterocycles. The van der Waals surface area contributed by atoms with Crippen LogP contribution in [0, 0.1) is 0 Å². The first-order valence-corrected chi connectivity index (χ1v) is 20.3. The number of amides is 2. The number of benzene rings is 4. The van der Waals surface area contributed by atoms with Gasteiger partial charge in [0, 0.05) is 22.0 Å². The predicted octanol–water partition coefficient (Wildman–Crippen LogP) is 14.1. The van der Waals surface area contributed by atoms with Gasteiger partial charge in [0.2, 0.25) is 0 Å². The number of hydrogen-bond donors (Lipinski definition) is 0. The molecule has 2 amide bonds. The van der Waals surface area contributed by atoms with Crippen molar-refractivity contribution in [2.45, 2.75) is 148 Å². The molecule has 1 heterocycles. The largest absolute Gasteiger partial charge is 0.274 e. The lowest BCUT2D eigenvalue weighted by molar-refractivity contribution is 0.0609. The molecular formula is C44H58BrNO2. The van der Waals surface area contributed by atoms with Crippen LogP contribution in [0.3, 0.4) is 0 Å². The van der Waals surface area contributed by atoms with Crippen LogP contribution < -0.4 is 0 Å². The standard InChI is InChI=1S/C44H58BrNO2/c1-2-3-4-5-6-7-8-9-10-11-12-13-14-15-16-17-18-19-20-21-22-25-31-46-43(47)37-30-26-29-36-40(37)41(44(46)48)38-32-34-27-23-24-28-35(34)33-39(38)42(36)45/h23-24,26-30,32-33H,2-22,25,31H2,1H3. The van der Waals surface area contributed by atoms with E-state index >= 15 is 0 Å². The normalized spacial score (nSPS) is 13.1. The molecule has 0 radical (unpaired) electrons. The Morgan fingerprint density at radius 3 is 1.46 bits per heavy atom. The minimum absolute atomic E-state index is 0.153. The fraction of sp³-hybridized carbons (Fsp3) is 0.545. The molecule has 0 atom stereocenters. The molecule has 0 saturated carbocycles. The van der Waals surface area contributed by atoms with E-state index in [0.29, 0.717) is 17.7 Å². The lowest BCUT2D eigenvalue weighted by Crippen LogP contribution is -2.41. The zero-order valence-electron chi connectivity index (χ0n) is 29.6. The van der Waals surface area contributed by atoms with Crippen LogP contribution >= 0.6 is 15.9 Å². The summed E-state index contributed by atoms with van der Waals surface area (Å²) in [6.07, 6.45) is 29.7. The third-order valence-corrected chi connectivity index (χ3v) is 11.5. The summed E-state index contributed by atoms with van der Waals surface area (Å²) in [4.78, 5) is 29.1. The van der Waals surface area contributed by atoms with Crippen molar-refractivity contribution in [1.29, 1.82) is 0 Å². The molecule has 0 aliphatic carbocycles. The number of nitrogens with zero attached hydrogens (tertiary/aromatic N) is 1. The summed E-state index contributed by atoms with van der Waals surface area (Å²) >= 11 is 3.82. The molecule has 0 bridgehead atoms. The zero-order valence-corrected chi connectivity index (χ0v) is 31.2. The molecule has 4 heteroatoms. The number of carbonyl (C=O) groups excluding carboxylic acids is 2. The second-order valence-corrected chi connectivity index (χ2v) is 15.1. The number of unbranched alkanes of at least 4 members (excludes halogenated alkanes) is 21. The van der Waals surface area contributed by atoms with Gasteiger partial charge in [0.25, 0.3) is 11.8 Å². The van der Waals surface area contributed by atoms with Gasteiger partial charge < -0.3 is 0 Å². The molecule has 4 aromatic carbocycles. The molecule has 5 rings (SSSR count). The molecule has 0 N–H and O–H groups in total. The van der Waals surface area contributed by atoms with E-state index < -0.39 is 0 Å². The molecule has 0 unspecified atom stereocenters. The molecule has 1 aliphatic heterocycles. The topological polar surface area (TPSA) is 37.4 Å². The Kier molecular flexibility index (Phi) is 14.8. The number of halogens is 1. The lowest BCUT2D eigenvalue weighted by Gasteiger charge is -2.29. The Labute approximate surface area is 298 Å². The molecule has 0 saturated heterocycles. The number of hydrogen-bond acceptors (Lipinski definition) is 2. The fourth-order valence-corrected chi connectivity index (χ4v) is 8.43. The molecular weight excluding hydrogens is 654 g/mol. The fourth-order valence-electron chi connectivity index (χ4n) is 7.77. The summed E-state index contributed by atoms with van der Waals surface area (Å²) in [7, 11) is 0. The molecule has 4 aromatic rings. The van der Waals surface area contributed by atoms with Crippen LogP contribution in [-0.2, 0) is 0 Å². The maximum Gasteiger partial charge on any atom is 0.262 e. The van der Waals surface area contributed by atoms with E-state index in [4.69, 9.17) is 0 Å². The summed E-state index contributed by atoms with van der Waals surface area (Å²) in [5.74, 6) is -0.311. The summed E-state index contributed by atoms with van der Waals surface area (Å²) in [5, 5.41) is 5.88. The van der Waals surface area contributed by atoms with Gasteiger partial charge in [0.05, 0.1) is 5.56 Å². The van der Waals surface area contributed by atoms with Crippen molar-refractivity contribution in [3.63, 3.8) is 0 Å². The van der Waals surface area contributed by atoms with Gasteiger partial charge in [-0.25, -0.2) is 0 Å². The number of carbonyl (C=O) groups is 2. The molecule has 48 heavy (non-hydrogen) atoms. The van der Waals surface area contributed by atoms with Crippen LogP contribution in [0.15, 0.2) is 59.1 Å². The second kappa shape index (κ2) is 19.5. The van der Waals surface area contributed by atoms with Gasteiger partial charge in [-0.15, -0.1) is 0 Å². The first kappa shape index (κ1) is 36.6. The minimum atomic E-state index is -0.159. The highest BCUT2D eigenvalue weighted by Gasteiger charge is 2.34. The Hall–Kier alpha value is -2.72. The summed E-state index contributed by atoms with van der Waals surface area (Å²) < 4.78 is 0.942. The Morgan fingerprint density at radius 2 is 0.958 bits per heavy atom. The van der Waals surface area contributed by atoms with Crippen molar-refractivity contribution in [2.24, 2.45) is 0 Å². The van der Waals surface area contributed by atoms with E-state index in [1.165, 1.54) is 133 Å². The van der Waals surface area contributed by atoms with Crippen molar-refractivity contribution < 1.29 is 9.59 Å². The average Bonchev–Trinajstić information content (AvgIpc) is 3.10. The van der Waals surface area contributed by atoms with E-state index in [0.717, 1.165) is 49.6 Å². The van der Waals surface area contributed by atoms with Gasteiger partial charge in [0.1, 0.15) is 0 Å². The van der Waals surface area contributed by atoms with Gasteiger partial charge in [0.15, 0.2) is 0 Å². The summed E-state index contributed by atoms with van der Waals surface area (Å²) in [6, 6.07) is 18.4. The summed E-state index contributed by atoms with van der Waals surface area (Å²) in [5.41, 5.74) is 1.31. The first-order valence-electron chi connectivity index (χ1n) is 19.5. The van der Waals surface area contributed by atoms with E-state index in [-0.39, 0.29) is 11.8 Å². The van der Waals surface area contributed by atoms with Crippen molar-refractivity contribution in [1.82, 2.24) is 4.90 Å². The van der Waals surface area contributed by atoms with Crippen LogP contribution in [0.4, 0.5) is 0 Å². The highest BCUT2D eigenvalue weighted by Crippen LogP contribution is 2.42. The van der Waals surface area contributed by atoms with Gasteiger partial charge in [-0.05, 0) is 67.5 Å². The van der Waals surface area contributed by atoms with Gasteiger partial charge >= 0.3 is 0 Å². The monoisotopic (exact) mass is 711 g/mol. The van der Waals surface area contributed by atoms with Gasteiger partial charge in [-0.1, -0.05) is 178 Å². The van der Waals surface area contributed by atoms with Crippen LogP contribution in [0.1, 0.15) is 169 Å². The number of fused-ring (bicyclic) bond motifs is 3. The summed E-state index contributed by atoms with van der Waals surface area (Å²) in [6.45, 7) is 2.78. The van der Waals surface area contributed by atoms with Crippen molar-refractivity contribution in [3.05, 3.63) is 70.2 Å². The zero-order chi connectivity index (χ0) is 33.6. The average molecular weight is 713 g/mol. The number of imide groups is 1. The van der Waals surface area contributed by atoms with Crippen molar-refractivity contribution >= 4 is 60.1 Å². The highest BCUT2D eigenvalue weighted by atomic mass is 79.9. The minimum Gasteiger partial charge on any atom is -0.274 e.